The lowest BCUT2D eigenvalue weighted by Crippen LogP contribution is -2.55. The summed E-state index contributed by atoms with van der Waals surface area (Å²) in [7, 11) is 0. The van der Waals surface area contributed by atoms with Crippen LogP contribution in [-0.2, 0) is 19.1 Å². The Bertz CT molecular complexity index is 684. The quantitative estimate of drug-likeness (QED) is 0.490. The Morgan fingerprint density at radius 1 is 0.964 bits per heavy atom. The van der Waals surface area contributed by atoms with Gasteiger partial charge in [-0.3, -0.25) is 9.59 Å². The second kappa shape index (κ2) is 6.88. The van der Waals surface area contributed by atoms with Gasteiger partial charge in [0, 0.05) is 19.3 Å². The third kappa shape index (κ3) is 3.02. The van der Waals surface area contributed by atoms with Gasteiger partial charge in [0.15, 0.2) is 0 Å². The van der Waals surface area contributed by atoms with E-state index in [1.165, 1.54) is 38.7 Å². The molecule has 0 aliphatic heterocycles. The summed E-state index contributed by atoms with van der Waals surface area (Å²) in [5, 5.41) is 0. The first kappa shape index (κ1) is 20.0. The first-order valence-corrected chi connectivity index (χ1v) is 11.2. The van der Waals surface area contributed by atoms with Crippen LogP contribution in [-0.4, -0.2) is 24.1 Å². The van der Waals surface area contributed by atoms with E-state index >= 15 is 0 Å². The van der Waals surface area contributed by atoms with Crippen LogP contribution in [0.4, 0.5) is 0 Å². The number of rotatable bonds is 2. The van der Waals surface area contributed by atoms with Crippen LogP contribution in [0.15, 0.2) is 12.2 Å². The van der Waals surface area contributed by atoms with Crippen LogP contribution in [0.5, 0.6) is 0 Å². The smallest absolute Gasteiger partial charge is 0.302 e. The van der Waals surface area contributed by atoms with Crippen LogP contribution in [0.25, 0.3) is 0 Å². The molecule has 0 aromatic rings. The Morgan fingerprint density at radius 3 is 2.36 bits per heavy atom. The van der Waals surface area contributed by atoms with E-state index in [4.69, 9.17) is 9.47 Å². The molecule has 0 bridgehead atoms. The van der Waals surface area contributed by atoms with Crippen LogP contribution in [0.2, 0.25) is 0 Å². The molecule has 0 heterocycles. The minimum absolute atomic E-state index is 0.0398. The van der Waals surface area contributed by atoms with Gasteiger partial charge in [0.2, 0.25) is 0 Å². The predicted molar refractivity (Wildman–Crippen MR) is 107 cm³/mol. The molecule has 8 atom stereocenters. The van der Waals surface area contributed by atoms with E-state index in [1.807, 2.05) is 0 Å². The fourth-order valence-corrected chi connectivity index (χ4v) is 8.00. The van der Waals surface area contributed by atoms with Crippen LogP contribution in [0, 0.1) is 34.5 Å². The Morgan fingerprint density at radius 2 is 1.68 bits per heavy atom. The standard InChI is InChI=1S/C24H36O4/c1-14-13-24(5)20(8-9-21(24)28-16(3)26)19-7-6-17-12-18(27-15(2)25)10-11-23(17,4)22(14)19/h17-22H,1,6-13H2,2-5H3/t17-,18+,19-,20+,21+,22-,23-,24-/m0/s1. The number of carbonyl (C=O) groups excluding carboxylic acids is 2. The number of hydrogen-bond donors (Lipinski definition) is 0. The zero-order valence-electron chi connectivity index (χ0n) is 18.0. The van der Waals surface area contributed by atoms with Gasteiger partial charge >= 0.3 is 11.9 Å². The second-order valence-electron chi connectivity index (χ2n) is 10.6. The lowest BCUT2D eigenvalue weighted by molar-refractivity contribution is -0.160. The first-order chi connectivity index (χ1) is 13.1. The zero-order valence-corrected chi connectivity index (χ0v) is 18.0. The van der Waals surface area contributed by atoms with Gasteiger partial charge in [0.25, 0.3) is 0 Å². The molecule has 0 saturated heterocycles. The van der Waals surface area contributed by atoms with Gasteiger partial charge < -0.3 is 9.47 Å². The Hall–Kier alpha value is -1.32. The zero-order chi connectivity index (χ0) is 20.3. The van der Waals surface area contributed by atoms with E-state index in [2.05, 4.69) is 20.4 Å². The molecule has 28 heavy (non-hydrogen) atoms. The maximum Gasteiger partial charge on any atom is 0.302 e. The van der Waals surface area contributed by atoms with E-state index in [9.17, 15) is 9.59 Å². The van der Waals surface area contributed by atoms with Crippen molar-refractivity contribution in [1.82, 2.24) is 0 Å². The van der Waals surface area contributed by atoms with Crippen molar-refractivity contribution in [2.45, 2.75) is 91.3 Å². The summed E-state index contributed by atoms with van der Waals surface area (Å²) in [6.07, 6.45) is 8.81. The van der Waals surface area contributed by atoms with Crippen LogP contribution >= 0.6 is 0 Å². The average molecular weight is 389 g/mol. The Balaban J connectivity index is 1.57. The first-order valence-electron chi connectivity index (χ1n) is 11.2. The number of allylic oxidation sites excluding steroid dienone is 1. The summed E-state index contributed by atoms with van der Waals surface area (Å²) in [5.41, 5.74) is 1.68. The lowest BCUT2D eigenvalue weighted by atomic mass is 9.44. The number of hydrogen-bond acceptors (Lipinski definition) is 4. The van der Waals surface area contributed by atoms with Gasteiger partial charge in [-0.15, -0.1) is 0 Å². The molecule has 4 rings (SSSR count). The molecule has 0 aromatic carbocycles. The molecule has 4 fully saturated rings. The molecular weight excluding hydrogens is 352 g/mol. The van der Waals surface area contributed by atoms with Crippen LogP contribution in [0.3, 0.4) is 0 Å². The Labute approximate surface area is 169 Å². The van der Waals surface area contributed by atoms with Crippen molar-refractivity contribution >= 4 is 11.9 Å². The maximum atomic E-state index is 11.6. The molecule has 0 aromatic heterocycles. The summed E-state index contributed by atoms with van der Waals surface area (Å²) >= 11 is 0. The van der Waals surface area contributed by atoms with Crippen molar-refractivity contribution in [2.24, 2.45) is 34.5 Å². The third-order valence-electron chi connectivity index (χ3n) is 9.00. The van der Waals surface area contributed by atoms with E-state index < -0.39 is 0 Å². The van der Waals surface area contributed by atoms with Crippen molar-refractivity contribution in [3.8, 4) is 0 Å². The van der Waals surface area contributed by atoms with Crippen molar-refractivity contribution in [3.63, 3.8) is 0 Å². The van der Waals surface area contributed by atoms with Crippen molar-refractivity contribution in [2.75, 3.05) is 0 Å². The minimum Gasteiger partial charge on any atom is -0.463 e. The molecule has 4 aliphatic carbocycles. The molecule has 4 saturated carbocycles. The van der Waals surface area contributed by atoms with Gasteiger partial charge in [-0.25, -0.2) is 0 Å². The number of ether oxygens (including phenoxy) is 2. The summed E-state index contributed by atoms with van der Waals surface area (Å²) < 4.78 is 11.3. The summed E-state index contributed by atoms with van der Waals surface area (Å²) in [6.45, 7) is 12.5. The fraction of sp³-hybridized carbons (Fsp3) is 0.833. The minimum atomic E-state index is -0.154. The van der Waals surface area contributed by atoms with Gasteiger partial charge in [0.05, 0.1) is 0 Å². The SMILES string of the molecule is C=C1C[C@@]2(C)[C@H](CC[C@H]2OC(C)=O)[C@@H]2CC[C@H]3C[C@H](OC(C)=O)CC[C@]3(C)[C@@H]12. The van der Waals surface area contributed by atoms with Gasteiger partial charge in [-0.1, -0.05) is 26.0 Å². The Kier molecular flexibility index (Phi) is 4.91. The highest BCUT2D eigenvalue weighted by Crippen LogP contribution is 2.67. The number of carbonyl (C=O) groups is 2. The highest BCUT2D eigenvalue weighted by molar-refractivity contribution is 5.66. The fourth-order valence-electron chi connectivity index (χ4n) is 8.00. The molecule has 0 radical (unpaired) electrons. The highest BCUT2D eigenvalue weighted by atomic mass is 16.5. The summed E-state index contributed by atoms with van der Waals surface area (Å²) in [4.78, 5) is 23.1. The maximum absolute atomic E-state index is 11.6. The normalized spacial score (nSPS) is 47.5. The summed E-state index contributed by atoms with van der Waals surface area (Å²) in [5.74, 6) is 2.13. The highest BCUT2D eigenvalue weighted by Gasteiger charge is 2.62. The van der Waals surface area contributed by atoms with Crippen LogP contribution < -0.4 is 0 Å². The lowest BCUT2D eigenvalue weighted by Gasteiger charge is -2.61. The van der Waals surface area contributed by atoms with E-state index in [1.54, 1.807) is 0 Å². The molecule has 0 spiro atoms. The molecule has 0 N–H and O–H groups in total. The predicted octanol–water partition coefficient (Wildman–Crippen LogP) is 5.06. The molecule has 0 unspecified atom stereocenters. The molecule has 4 heteroatoms. The number of fused-ring (bicyclic) bond motifs is 5. The molecular formula is C24H36O4. The van der Waals surface area contributed by atoms with Gasteiger partial charge in [-0.05, 0) is 80.5 Å². The van der Waals surface area contributed by atoms with E-state index in [-0.39, 0.29) is 35.0 Å². The summed E-state index contributed by atoms with van der Waals surface area (Å²) in [6, 6.07) is 0. The molecule has 156 valence electrons. The van der Waals surface area contributed by atoms with E-state index in [0.29, 0.717) is 23.7 Å². The monoisotopic (exact) mass is 388 g/mol. The van der Waals surface area contributed by atoms with Gasteiger partial charge in [0.1, 0.15) is 12.2 Å². The molecule has 4 nitrogen and oxygen atoms in total. The molecule has 0 amide bonds. The average Bonchev–Trinajstić information content (AvgIpc) is 2.90. The topological polar surface area (TPSA) is 52.6 Å². The largest absolute Gasteiger partial charge is 0.463 e. The van der Waals surface area contributed by atoms with Crippen molar-refractivity contribution in [1.29, 1.82) is 0 Å². The van der Waals surface area contributed by atoms with Gasteiger partial charge in [-0.2, -0.15) is 0 Å². The van der Waals surface area contributed by atoms with Crippen molar-refractivity contribution in [3.05, 3.63) is 12.2 Å². The van der Waals surface area contributed by atoms with E-state index in [0.717, 1.165) is 32.1 Å². The molecule has 4 aliphatic rings. The number of esters is 2. The van der Waals surface area contributed by atoms with Crippen LogP contribution in [0.1, 0.15) is 79.1 Å². The second-order valence-corrected chi connectivity index (χ2v) is 10.6. The third-order valence-corrected chi connectivity index (χ3v) is 9.00. The van der Waals surface area contributed by atoms with Crippen molar-refractivity contribution < 1.29 is 19.1 Å².